The van der Waals surface area contributed by atoms with Crippen molar-refractivity contribution in [1.29, 1.82) is 0 Å². The molecule has 5 heteroatoms. The molecular formula is C16H13BrN2OS. The van der Waals surface area contributed by atoms with Crippen LogP contribution in [0.5, 0.6) is 0 Å². The third-order valence-electron chi connectivity index (χ3n) is 3.14. The van der Waals surface area contributed by atoms with E-state index in [2.05, 4.69) is 25.9 Å². The van der Waals surface area contributed by atoms with Crippen LogP contribution < -0.4 is 0 Å². The van der Waals surface area contributed by atoms with Gasteiger partial charge in [0.25, 0.3) is 0 Å². The largest absolute Gasteiger partial charge is 0.389 e. The van der Waals surface area contributed by atoms with Crippen LogP contribution in [0, 0.1) is 0 Å². The molecule has 1 aromatic heterocycles. The van der Waals surface area contributed by atoms with Gasteiger partial charge in [-0.25, -0.2) is 9.97 Å². The molecule has 0 radical (unpaired) electrons. The minimum absolute atomic E-state index is 0.488. The van der Waals surface area contributed by atoms with Crippen LogP contribution in [0.3, 0.4) is 0 Å². The molecule has 0 spiro atoms. The molecule has 3 nitrogen and oxygen atoms in total. The van der Waals surface area contributed by atoms with Crippen LogP contribution in [-0.2, 0) is 0 Å². The predicted octanol–water partition coefficient (Wildman–Crippen LogP) is 4.60. The number of nitrogens with zero attached hydrogens (tertiary/aromatic N) is 2. The Balaban J connectivity index is 1.97. The van der Waals surface area contributed by atoms with E-state index in [1.165, 1.54) is 0 Å². The van der Waals surface area contributed by atoms with Crippen LogP contribution >= 0.6 is 27.7 Å². The van der Waals surface area contributed by atoms with E-state index < -0.39 is 6.10 Å². The van der Waals surface area contributed by atoms with Crippen molar-refractivity contribution >= 4 is 38.6 Å². The second-order valence-electron chi connectivity index (χ2n) is 4.66. The Morgan fingerprint density at radius 3 is 2.71 bits per heavy atom. The van der Waals surface area contributed by atoms with Crippen LogP contribution in [-0.4, -0.2) is 15.1 Å². The lowest BCUT2D eigenvalue weighted by atomic mass is 10.1. The van der Waals surface area contributed by atoms with E-state index in [1.54, 1.807) is 25.0 Å². The summed E-state index contributed by atoms with van der Waals surface area (Å²) in [7, 11) is 0. The molecule has 1 heterocycles. The average molecular weight is 361 g/mol. The van der Waals surface area contributed by atoms with Crippen LogP contribution in [0.25, 0.3) is 10.9 Å². The van der Waals surface area contributed by atoms with E-state index >= 15 is 0 Å². The van der Waals surface area contributed by atoms with Crippen molar-refractivity contribution in [3.63, 3.8) is 0 Å². The molecule has 21 heavy (non-hydrogen) atoms. The van der Waals surface area contributed by atoms with Gasteiger partial charge in [-0.15, -0.1) is 0 Å². The monoisotopic (exact) mass is 360 g/mol. The lowest BCUT2D eigenvalue weighted by Crippen LogP contribution is -1.92. The van der Waals surface area contributed by atoms with Crippen molar-refractivity contribution in [3.05, 3.63) is 58.8 Å². The lowest BCUT2D eigenvalue weighted by molar-refractivity contribution is 0.198. The zero-order valence-corrected chi connectivity index (χ0v) is 13.7. The summed E-state index contributed by atoms with van der Waals surface area (Å²) in [6.45, 7) is 1.75. The van der Waals surface area contributed by atoms with Crippen molar-refractivity contribution in [2.75, 3.05) is 0 Å². The third kappa shape index (κ3) is 3.10. The zero-order chi connectivity index (χ0) is 14.8. The Bertz CT molecular complexity index is 787. The molecule has 0 bridgehead atoms. The number of hydrogen-bond acceptors (Lipinski definition) is 4. The molecule has 0 unspecified atom stereocenters. The molecule has 0 fully saturated rings. The summed E-state index contributed by atoms with van der Waals surface area (Å²) in [6, 6.07) is 13.9. The molecule has 3 aromatic rings. The molecule has 0 saturated heterocycles. The van der Waals surface area contributed by atoms with E-state index in [-0.39, 0.29) is 0 Å². The van der Waals surface area contributed by atoms with Gasteiger partial charge in [0, 0.05) is 14.8 Å². The highest BCUT2D eigenvalue weighted by Gasteiger charge is 2.09. The van der Waals surface area contributed by atoms with Crippen molar-refractivity contribution in [1.82, 2.24) is 9.97 Å². The minimum Gasteiger partial charge on any atom is -0.389 e. The van der Waals surface area contributed by atoms with Gasteiger partial charge < -0.3 is 5.11 Å². The minimum atomic E-state index is -0.488. The smallest absolute Gasteiger partial charge is 0.117 e. The van der Waals surface area contributed by atoms with E-state index in [1.807, 2.05) is 42.5 Å². The molecule has 0 amide bonds. The number of fused-ring (bicyclic) bond motifs is 1. The van der Waals surface area contributed by atoms with E-state index in [0.717, 1.165) is 30.9 Å². The Labute approximate surface area is 135 Å². The summed E-state index contributed by atoms with van der Waals surface area (Å²) in [5.74, 6) is 0. The summed E-state index contributed by atoms with van der Waals surface area (Å²) in [5, 5.41) is 11.6. The number of halogens is 1. The molecule has 0 aliphatic heterocycles. The maximum absolute atomic E-state index is 9.67. The molecular weight excluding hydrogens is 348 g/mol. The van der Waals surface area contributed by atoms with Gasteiger partial charge in [0.1, 0.15) is 11.4 Å². The fourth-order valence-electron chi connectivity index (χ4n) is 2.08. The van der Waals surface area contributed by atoms with Crippen molar-refractivity contribution in [2.45, 2.75) is 22.9 Å². The first-order valence-corrected chi connectivity index (χ1v) is 8.11. The number of rotatable bonds is 3. The van der Waals surface area contributed by atoms with Gasteiger partial charge in [-0.1, -0.05) is 52.0 Å². The van der Waals surface area contributed by atoms with Crippen LogP contribution in [0.1, 0.15) is 18.6 Å². The van der Waals surface area contributed by atoms with Gasteiger partial charge in [-0.2, -0.15) is 0 Å². The Morgan fingerprint density at radius 2 is 1.95 bits per heavy atom. The van der Waals surface area contributed by atoms with Crippen LogP contribution in [0.4, 0.5) is 0 Å². The zero-order valence-electron chi connectivity index (χ0n) is 11.3. The molecule has 2 aromatic carbocycles. The number of aliphatic hydroxyl groups excluding tert-OH is 1. The van der Waals surface area contributed by atoms with Crippen LogP contribution in [0.2, 0.25) is 0 Å². The summed E-state index contributed by atoms with van der Waals surface area (Å²) >= 11 is 5.09. The Morgan fingerprint density at radius 1 is 1.14 bits per heavy atom. The Kier molecular flexibility index (Phi) is 4.24. The Hall–Kier alpha value is -1.43. The summed E-state index contributed by atoms with van der Waals surface area (Å²) in [4.78, 5) is 9.71. The first-order chi connectivity index (χ1) is 10.1. The summed E-state index contributed by atoms with van der Waals surface area (Å²) in [6.07, 6.45) is 1.10. The molecule has 0 saturated carbocycles. The summed E-state index contributed by atoms with van der Waals surface area (Å²) < 4.78 is 0.904. The molecule has 0 aliphatic carbocycles. The second-order valence-corrected chi connectivity index (χ2v) is 6.57. The van der Waals surface area contributed by atoms with Crippen molar-refractivity contribution in [2.24, 2.45) is 0 Å². The number of hydrogen-bond donors (Lipinski definition) is 1. The maximum Gasteiger partial charge on any atom is 0.117 e. The summed E-state index contributed by atoms with van der Waals surface area (Å²) in [5.41, 5.74) is 1.82. The highest BCUT2D eigenvalue weighted by atomic mass is 79.9. The van der Waals surface area contributed by atoms with Gasteiger partial charge in [0.15, 0.2) is 0 Å². The van der Waals surface area contributed by atoms with Gasteiger partial charge in [-0.3, -0.25) is 0 Å². The molecule has 106 valence electrons. The molecule has 1 atom stereocenters. The first-order valence-electron chi connectivity index (χ1n) is 6.50. The lowest BCUT2D eigenvalue weighted by Gasteiger charge is -2.10. The second kappa shape index (κ2) is 6.13. The van der Waals surface area contributed by atoms with Gasteiger partial charge in [0.05, 0.1) is 11.6 Å². The number of aromatic nitrogens is 2. The highest BCUT2D eigenvalue weighted by molar-refractivity contribution is 9.10. The van der Waals surface area contributed by atoms with Crippen molar-refractivity contribution < 1.29 is 5.11 Å². The fourth-order valence-corrected chi connectivity index (χ4v) is 3.86. The maximum atomic E-state index is 9.67. The molecule has 1 N–H and O–H groups in total. The quantitative estimate of drug-likeness (QED) is 0.693. The van der Waals surface area contributed by atoms with E-state index in [0.29, 0.717) is 0 Å². The van der Waals surface area contributed by atoms with Gasteiger partial charge >= 0.3 is 0 Å². The number of aliphatic hydroxyl groups is 1. The number of benzene rings is 2. The predicted molar refractivity (Wildman–Crippen MR) is 88.4 cm³/mol. The van der Waals surface area contributed by atoms with E-state index in [9.17, 15) is 5.11 Å². The van der Waals surface area contributed by atoms with Crippen molar-refractivity contribution in [3.8, 4) is 0 Å². The molecule has 3 rings (SSSR count). The topological polar surface area (TPSA) is 46.0 Å². The highest BCUT2D eigenvalue weighted by Crippen LogP contribution is 2.34. The van der Waals surface area contributed by atoms with Gasteiger partial charge in [-0.05, 0) is 30.7 Å². The number of para-hydroxylation sites is 1. The first kappa shape index (κ1) is 14.5. The van der Waals surface area contributed by atoms with Crippen LogP contribution in [0.15, 0.2) is 63.2 Å². The molecule has 0 aliphatic rings. The standard InChI is InChI=1S/C16H13BrN2OS/c1-10(20)12-7-6-11(8-14(12)17)21-16-13-4-2-3-5-15(13)18-9-19-16/h2-10,20H,1H3/t10-/m0/s1. The fraction of sp³-hybridized carbons (Fsp3) is 0.125. The third-order valence-corrected chi connectivity index (χ3v) is 4.84. The normalized spacial score (nSPS) is 12.5. The average Bonchev–Trinajstić information content (AvgIpc) is 2.47. The van der Waals surface area contributed by atoms with Gasteiger partial charge in [0.2, 0.25) is 0 Å². The van der Waals surface area contributed by atoms with E-state index in [4.69, 9.17) is 0 Å². The SMILES string of the molecule is C[C@H](O)c1ccc(Sc2ncnc3ccccc23)cc1Br.